The number of carbonyl (C=O) groups is 1. The SMILES string of the molecule is CCCn1c(=NC(=O)Cc2ccccc2)sc2cc(CC)ccc21. The highest BCUT2D eigenvalue weighted by molar-refractivity contribution is 7.16. The summed E-state index contributed by atoms with van der Waals surface area (Å²) in [7, 11) is 0. The lowest BCUT2D eigenvalue weighted by molar-refractivity contribution is -0.117. The van der Waals surface area contributed by atoms with E-state index < -0.39 is 0 Å². The fourth-order valence-electron chi connectivity index (χ4n) is 2.78. The molecule has 1 amide bonds. The minimum atomic E-state index is -0.0895. The molecule has 0 N–H and O–H groups in total. The van der Waals surface area contributed by atoms with Gasteiger partial charge < -0.3 is 4.57 Å². The summed E-state index contributed by atoms with van der Waals surface area (Å²) < 4.78 is 3.37. The molecule has 3 nitrogen and oxygen atoms in total. The second kappa shape index (κ2) is 7.58. The molecule has 0 unspecified atom stereocenters. The molecule has 0 fully saturated rings. The van der Waals surface area contributed by atoms with Crippen LogP contribution in [0.2, 0.25) is 0 Å². The molecule has 0 radical (unpaired) electrons. The Morgan fingerprint density at radius 2 is 1.88 bits per heavy atom. The Morgan fingerprint density at radius 1 is 1.08 bits per heavy atom. The van der Waals surface area contributed by atoms with Crippen LogP contribution >= 0.6 is 11.3 Å². The minimum Gasteiger partial charge on any atom is -0.316 e. The Labute approximate surface area is 146 Å². The highest BCUT2D eigenvalue weighted by atomic mass is 32.1. The zero-order valence-corrected chi connectivity index (χ0v) is 15.0. The van der Waals surface area contributed by atoms with Gasteiger partial charge >= 0.3 is 0 Å². The number of carbonyl (C=O) groups excluding carboxylic acids is 1. The summed E-state index contributed by atoms with van der Waals surface area (Å²) in [5.74, 6) is -0.0895. The summed E-state index contributed by atoms with van der Waals surface area (Å²) in [5.41, 5.74) is 3.49. The molecule has 4 heteroatoms. The van der Waals surface area contributed by atoms with E-state index in [4.69, 9.17) is 0 Å². The zero-order valence-electron chi connectivity index (χ0n) is 14.2. The summed E-state index contributed by atoms with van der Waals surface area (Å²) >= 11 is 1.61. The van der Waals surface area contributed by atoms with E-state index in [1.165, 1.54) is 15.8 Å². The maximum absolute atomic E-state index is 12.4. The molecule has 0 saturated heterocycles. The van der Waals surface area contributed by atoms with Crippen LogP contribution in [0.3, 0.4) is 0 Å². The van der Waals surface area contributed by atoms with Crippen LogP contribution in [0.4, 0.5) is 0 Å². The first-order valence-electron chi connectivity index (χ1n) is 8.45. The monoisotopic (exact) mass is 338 g/mol. The maximum atomic E-state index is 12.4. The van der Waals surface area contributed by atoms with Gasteiger partial charge in [0.1, 0.15) is 0 Å². The second-order valence-corrected chi connectivity index (χ2v) is 6.87. The third-order valence-corrected chi connectivity index (χ3v) is 5.06. The Kier molecular flexibility index (Phi) is 5.26. The third-order valence-electron chi connectivity index (χ3n) is 4.02. The van der Waals surface area contributed by atoms with Gasteiger partial charge in [-0.05, 0) is 36.1 Å². The van der Waals surface area contributed by atoms with E-state index in [0.29, 0.717) is 6.42 Å². The smallest absolute Gasteiger partial charge is 0.252 e. The van der Waals surface area contributed by atoms with Crippen LogP contribution < -0.4 is 4.80 Å². The van der Waals surface area contributed by atoms with E-state index in [-0.39, 0.29) is 5.91 Å². The zero-order chi connectivity index (χ0) is 16.9. The fourth-order valence-corrected chi connectivity index (χ4v) is 3.92. The van der Waals surface area contributed by atoms with Crippen LogP contribution in [-0.2, 0) is 24.2 Å². The number of hydrogen-bond acceptors (Lipinski definition) is 2. The van der Waals surface area contributed by atoms with Crippen molar-refractivity contribution in [2.24, 2.45) is 4.99 Å². The molecule has 3 aromatic rings. The number of benzene rings is 2. The van der Waals surface area contributed by atoms with Gasteiger partial charge in [-0.2, -0.15) is 4.99 Å². The molecule has 1 heterocycles. The second-order valence-electron chi connectivity index (χ2n) is 5.86. The number of fused-ring (bicyclic) bond motifs is 1. The maximum Gasteiger partial charge on any atom is 0.252 e. The van der Waals surface area contributed by atoms with E-state index in [2.05, 4.69) is 41.6 Å². The average Bonchev–Trinajstić information content (AvgIpc) is 2.92. The summed E-state index contributed by atoms with van der Waals surface area (Å²) in [6.45, 7) is 5.18. The topological polar surface area (TPSA) is 34.4 Å². The molecule has 0 spiro atoms. The van der Waals surface area contributed by atoms with E-state index in [9.17, 15) is 4.79 Å². The number of amides is 1. The summed E-state index contributed by atoms with van der Waals surface area (Å²) in [6.07, 6.45) is 2.38. The lowest BCUT2D eigenvalue weighted by Gasteiger charge is -2.03. The van der Waals surface area contributed by atoms with Crippen molar-refractivity contribution in [3.05, 3.63) is 64.5 Å². The van der Waals surface area contributed by atoms with Crippen molar-refractivity contribution in [3.63, 3.8) is 0 Å². The van der Waals surface area contributed by atoms with Gasteiger partial charge in [-0.3, -0.25) is 4.79 Å². The summed E-state index contributed by atoms with van der Waals surface area (Å²) in [5, 5.41) is 0. The van der Waals surface area contributed by atoms with Crippen molar-refractivity contribution in [2.45, 2.75) is 39.7 Å². The number of thiazole rings is 1. The Morgan fingerprint density at radius 3 is 2.58 bits per heavy atom. The number of hydrogen-bond donors (Lipinski definition) is 0. The quantitative estimate of drug-likeness (QED) is 0.681. The van der Waals surface area contributed by atoms with Crippen LogP contribution in [0.25, 0.3) is 10.2 Å². The fraction of sp³-hybridized carbons (Fsp3) is 0.300. The number of nitrogens with zero attached hydrogens (tertiary/aromatic N) is 2. The van der Waals surface area contributed by atoms with Crippen molar-refractivity contribution in [3.8, 4) is 0 Å². The Balaban J connectivity index is 2.00. The van der Waals surface area contributed by atoms with Crippen molar-refractivity contribution in [1.29, 1.82) is 0 Å². The first-order valence-corrected chi connectivity index (χ1v) is 9.26. The van der Waals surface area contributed by atoms with E-state index in [1.807, 2.05) is 30.3 Å². The highest BCUT2D eigenvalue weighted by Crippen LogP contribution is 2.20. The van der Waals surface area contributed by atoms with Crippen LogP contribution in [0.1, 0.15) is 31.4 Å². The Hall–Kier alpha value is -2.20. The predicted octanol–water partition coefficient (Wildman–Crippen LogP) is 4.35. The molecular formula is C20H22N2OS. The average molecular weight is 338 g/mol. The first kappa shape index (κ1) is 16.7. The number of rotatable bonds is 5. The minimum absolute atomic E-state index is 0.0895. The van der Waals surface area contributed by atoms with Crippen molar-refractivity contribution in [1.82, 2.24) is 4.57 Å². The third kappa shape index (κ3) is 3.65. The molecule has 24 heavy (non-hydrogen) atoms. The van der Waals surface area contributed by atoms with E-state index in [1.54, 1.807) is 11.3 Å². The molecule has 0 aliphatic heterocycles. The highest BCUT2D eigenvalue weighted by Gasteiger charge is 2.08. The van der Waals surface area contributed by atoms with Gasteiger partial charge in [0, 0.05) is 6.54 Å². The van der Waals surface area contributed by atoms with Gasteiger partial charge in [0.25, 0.3) is 5.91 Å². The molecule has 124 valence electrons. The van der Waals surface area contributed by atoms with Crippen molar-refractivity contribution < 1.29 is 4.79 Å². The lowest BCUT2D eigenvalue weighted by atomic mass is 10.1. The van der Waals surface area contributed by atoms with Crippen LogP contribution in [-0.4, -0.2) is 10.5 Å². The standard InChI is InChI=1S/C20H22N2OS/c1-3-12-22-17-11-10-15(4-2)13-18(17)24-20(22)21-19(23)14-16-8-6-5-7-9-16/h5-11,13H,3-4,12,14H2,1-2H3. The molecular weight excluding hydrogens is 316 g/mol. The summed E-state index contributed by atoms with van der Waals surface area (Å²) in [4.78, 5) is 17.6. The van der Waals surface area contributed by atoms with E-state index in [0.717, 1.165) is 29.8 Å². The summed E-state index contributed by atoms with van der Waals surface area (Å²) in [6, 6.07) is 16.3. The number of aryl methyl sites for hydroxylation is 2. The van der Waals surface area contributed by atoms with Crippen LogP contribution in [0.5, 0.6) is 0 Å². The predicted molar refractivity (Wildman–Crippen MR) is 100 cm³/mol. The van der Waals surface area contributed by atoms with Gasteiger partial charge in [-0.15, -0.1) is 0 Å². The largest absolute Gasteiger partial charge is 0.316 e. The molecule has 2 aromatic carbocycles. The first-order chi connectivity index (χ1) is 11.7. The van der Waals surface area contributed by atoms with Gasteiger partial charge in [-0.1, -0.05) is 61.6 Å². The molecule has 0 bridgehead atoms. The van der Waals surface area contributed by atoms with Crippen molar-refractivity contribution >= 4 is 27.5 Å². The van der Waals surface area contributed by atoms with Crippen LogP contribution in [0.15, 0.2) is 53.5 Å². The van der Waals surface area contributed by atoms with E-state index >= 15 is 0 Å². The van der Waals surface area contributed by atoms with Gasteiger partial charge in [-0.25, -0.2) is 0 Å². The van der Waals surface area contributed by atoms with Gasteiger partial charge in [0.2, 0.25) is 0 Å². The number of aromatic nitrogens is 1. The molecule has 0 atom stereocenters. The molecule has 0 aliphatic carbocycles. The van der Waals surface area contributed by atoms with Crippen molar-refractivity contribution in [2.75, 3.05) is 0 Å². The van der Waals surface area contributed by atoms with Gasteiger partial charge in [0.05, 0.1) is 16.6 Å². The molecule has 0 aliphatic rings. The molecule has 0 saturated carbocycles. The molecule has 3 rings (SSSR count). The van der Waals surface area contributed by atoms with Crippen LogP contribution in [0, 0.1) is 0 Å². The van der Waals surface area contributed by atoms with Gasteiger partial charge in [0.15, 0.2) is 4.80 Å². The Bertz CT molecular complexity index is 906. The lowest BCUT2D eigenvalue weighted by Crippen LogP contribution is -2.17. The molecule has 1 aromatic heterocycles. The normalized spacial score (nSPS) is 12.0.